The predicted molar refractivity (Wildman–Crippen MR) is 162 cm³/mol. The highest BCUT2D eigenvalue weighted by atomic mass is 35.5. The van der Waals surface area contributed by atoms with E-state index in [0.29, 0.717) is 41.2 Å². The van der Waals surface area contributed by atoms with Crippen LogP contribution in [0.5, 0.6) is 0 Å². The van der Waals surface area contributed by atoms with E-state index in [1.807, 2.05) is 60.7 Å². The highest BCUT2D eigenvalue weighted by molar-refractivity contribution is 6.30. The monoisotopic (exact) mass is 588 g/mol. The molecule has 0 atom stereocenters. The molecule has 1 aromatic heterocycles. The average molecular weight is 589 g/mol. The number of hydrogen-bond acceptors (Lipinski definition) is 7. The van der Waals surface area contributed by atoms with Crippen LogP contribution in [-0.2, 0) is 34.0 Å². The highest BCUT2D eigenvalue weighted by Crippen LogP contribution is 2.17. The molecule has 0 radical (unpaired) electrons. The number of nitrogens with one attached hydrogen (secondary N) is 2. The Morgan fingerprint density at radius 3 is 2.48 bits per heavy atom. The van der Waals surface area contributed by atoms with Crippen molar-refractivity contribution in [2.45, 2.75) is 19.8 Å². The largest absolute Gasteiger partial charge is 0.475 e. The predicted octanol–water partition coefficient (Wildman–Crippen LogP) is 4.43. The van der Waals surface area contributed by atoms with Crippen LogP contribution < -0.4 is 10.7 Å². The number of nitrogens with zero attached hydrogens (tertiary/aromatic N) is 2. The van der Waals surface area contributed by atoms with E-state index in [4.69, 9.17) is 31.2 Å². The van der Waals surface area contributed by atoms with E-state index in [-0.39, 0.29) is 43.4 Å². The molecule has 1 amide bonds. The summed E-state index contributed by atoms with van der Waals surface area (Å²) in [5.74, 6) is -0.399. The van der Waals surface area contributed by atoms with Gasteiger partial charge in [0.1, 0.15) is 18.9 Å². The minimum Gasteiger partial charge on any atom is -0.475 e. The van der Waals surface area contributed by atoms with E-state index in [2.05, 4.69) is 10.2 Å². The van der Waals surface area contributed by atoms with Crippen LogP contribution in [0.3, 0.4) is 0 Å². The molecule has 1 aliphatic rings. The molecule has 10 heteroatoms. The van der Waals surface area contributed by atoms with Crippen LogP contribution in [0.25, 0.3) is 10.9 Å². The van der Waals surface area contributed by atoms with Gasteiger partial charge in [-0.1, -0.05) is 48.0 Å². The Morgan fingerprint density at radius 2 is 1.71 bits per heavy atom. The molecule has 0 saturated carbocycles. The number of aromatic nitrogens is 1. The smallest absolute Gasteiger partial charge is 0.257 e. The topological polar surface area (TPSA) is 106 Å². The average Bonchev–Trinajstić information content (AvgIpc) is 3.02. The van der Waals surface area contributed by atoms with Gasteiger partial charge >= 0.3 is 0 Å². The molecule has 2 heterocycles. The standard InChI is InChI=1S/C32H33ClN4O5/c33-26-9-6-23(7-10-26)19-35-32(39)28-21-37(22-41-16-17-42-31(34)25-4-2-1-3-5-25)29-11-8-24(18-27(29)30(28)38)20-36-12-14-40-15-13-36/h1-11,18,21,34H,12-17,19-20,22H2,(H,35,39). The molecule has 0 bridgehead atoms. The molecule has 4 aromatic rings. The second kappa shape index (κ2) is 14.2. The summed E-state index contributed by atoms with van der Waals surface area (Å²) in [4.78, 5) is 29.1. The highest BCUT2D eigenvalue weighted by Gasteiger charge is 2.17. The Balaban J connectivity index is 1.32. The number of fused-ring (bicyclic) bond motifs is 1. The van der Waals surface area contributed by atoms with Crippen molar-refractivity contribution in [2.75, 3.05) is 39.5 Å². The molecule has 9 nitrogen and oxygen atoms in total. The van der Waals surface area contributed by atoms with Crippen LogP contribution in [0.1, 0.15) is 27.0 Å². The Bertz CT molecular complexity index is 1580. The fourth-order valence-corrected chi connectivity index (χ4v) is 4.87. The third-order valence-electron chi connectivity index (χ3n) is 7.01. The molecular formula is C32H33ClN4O5. The molecule has 1 fully saturated rings. The van der Waals surface area contributed by atoms with Gasteiger partial charge in [-0.05, 0) is 47.5 Å². The number of morpholine rings is 1. The summed E-state index contributed by atoms with van der Waals surface area (Å²) in [6.45, 7) is 4.46. The first kappa shape index (κ1) is 29.5. The minimum atomic E-state index is -0.469. The first-order valence-corrected chi connectivity index (χ1v) is 14.2. The zero-order chi connectivity index (χ0) is 29.3. The Kier molecular flexibility index (Phi) is 9.99. The van der Waals surface area contributed by atoms with Gasteiger partial charge < -0.3 is 24.1 Å². The van der Waals surface area contributed by atoms with Gasteiger partial charge in [0.25, 0.3) is 5.91 Å². The summed E-state index contributed by atoms with van der Waals surface area (Å²) in [6, 6.07) is 22.1. The maximum Gasteiger partial charge on any atom is 0.257 e. The second-order valence-corrected chi connectivity index (χ2v) is 10.4. The molecule has 1 aliphatic heterocycles. The quantitative estimate of drug-likeness (QED) is 0.153. The first-order chi connectivity index (χ1) is 20.5. The normalized spacial score (nSPS) is 13.6. The number of carbonyl (C=O) groups excluding carboxylic acids is 1. The molecule has 0 spiro atoms. The van der Waals surface area contributed by atoms with Crippen molar-refractivity contribution in [3.05, 3.63) is 116 Å². The number of carbonyl (C=O) groups is 1. The van der Waals surface area contributed by atoms with Crippen LogP contribution in [0.2, 0.25) is 5.02 Å². The molecule has 218 valence electrons. The third kappa shape index (κ3) is 7.63. The summed E-state index contributed by atoms with van der Waals surface area (Å²) >= 11 is 5.97. The molecular weight excluding hydrogens is 556 g/mol. The number of benzene rings is 3. The van der Waals surface area contributed by atoms with E-state index >= 15 is 0 Å². The summed E-state index contributed by atoms with van der Waals surface area (Å²) < 4.78 is 18.6. The van der Waals surface area contributed by atoms with Crippen molar-refractivity contribution >= 4 is 34.3 Å². The van der Waals surface area contributed by atoms with Crippen molar-refractivity contribution < 1.29 is 19.0 Å². The van der Waals surface area contributed by atoms with Gasteiger partial charge in [0, 0.05) is 48.3 Å². The Hall–Kier alpha value is -4.02. The summed E-state index contributed by atoms with van der Waals surface area (Å²) in [5.41, 5.74) is 2.90. The molecule has 42 heavy (non-hydrogen) atoms. The summed E-state index contributed by atoms with van der Waals surface area (Å²) in [5, 5.41) is 12.0. The number of ether oxygens (including phenoxy) is 3. The maximum absolute atomic E-state index is 13.6. The lowest BCUT2D eigenvalue weighted by Gasteiger charge is -2.26. The molecule has 3 aromatic carbocycles. The van der Waals surface area contributed by atoms with E-state index in [9.17, 15) is 9.59 Å². The summed E-state index contributed by atoms with van der Waals surface area (Å²) in [6.07, 6.45) is 1.54. The SMILES string of the molecule is N=C(OCCOCn1cc(C(=O)NCc2ccc(Cl)cc2)c(=O)c2cc(CN3CCOCC3)ccc21)c1ccccc1. The van der Waals surface area contributed by atoms with Crippen LogP contribution >= 0.6 is 11.6 Å². The van der Waals surface area contributed by atoms with Crippen molar-refractivity contribution in [1.29, 1.82) is 5.41 Å². The van der Waals surface area contributed by atoms with Gasteiger partial charge in [-0.3, -0.25) is 19.9 Å². The number of amides is 1. The molecule has 2 N–H and O–H groups in total. The molecule has 0 unspecified atom stereocenters. The summed E-state index contributed by atoms with van der Waals surface area (Å²) in [7, 11) is 0. The zero-order valence-electron chi connectivity index (χ0n) is 23.2. The van der Waals surface area contributed by atoms with Crippen LogP contribution in [-0.4, -0.2) is 60.8 Å². The van der Waals surface area contributed by atoms with E-state index in [1.165, 1.54) is 6.20 Å². The van der Waals surface area contributed by atoms with Crippen LogP contribution in [0.4, 0.5) is 0 Å². The van der Waals surface area contributed by atoms with Gasteiger partial charge in [0.05, 0.1) is 25.3 Å². The number of rotatable bonds is 11. The first-order valence-electron chi connectivity index (χ1n) is 13.8. The van der Waals surface area contributed by atoms with Gasteiger partial charge in [-0.2, -0.15) is 0 Å². The van der Waals surface area contributed by atoms with Gasteiger partial charge in [-0.25, -0.2) is 0 Å². The van der Waals surface area contributed by atoms with E-state index < -0.39 is 5.91 Å². The lowest BCUT2D eigenvalue weighted by molar-refractivity contribution is 0.0342. The fourth-order valence-electron chi connectivity index (χ4n) is 4.75. The van der Waals surface area contributed by atoms with Crippen molar-refractivity contribution in [1.82, 2.24) is 14.8 Å². The molecule has 5 rings (SSSR count). The Morgan fingerprint density at radius 1 is 0.976 bits per heavy atom. The number of hydrogen-bond donors (Lipinski definition) is 2. The second-order valence-electron chi connectivity index (χ2n) is 9.97. The fraction of sp³-hybridized carbons (Fsp3) is 0.281. The van der Waals surface area contributed by atoms with E-state index in [1.54, 1.807) is 16.7 Å². The zero-order valence-corrected chi connectivity index (χ0v) is 23.9. The van der Waals surface area contributed by atoms with Gasteiger partial charge in [0.15, 0.2) is 0 Å². The van der Waals surface area contributed by atoms with Crippen LogP contribution in [0, 0.1) is 5.41 Å². The van der Waals surface area contributed by atoms with Crippen molar-refractivity contribution in [3.8, 4) is 0 Å². The maximum atomic E-state index is 13.6. The molecule has 1 saturated heterocycles. The van der Waals surface area contributed by atoms with Gasteiger partial charge in [-0.15, -0.1) is 0 Å². The Labute approximate surface area is 249 Å². The van der Waals surface area contributed by atoms with E-state index in [0.717, 1.165) is 24.2 Å². The molecule has 0 aliphatic carbocycles. The van der Waals surface area contributed by atoms with Gasteiger partial charge in [0.2, 0.25) is 11.3 Å². The van der Waals surface area contributed by atoms with Crippen molar-refractivity contribution in [3.63, 3.8) is 0 Å². The van der Waals surface area contributed by atoms with Crippen LogP contribution in [0.15, 0.2) is 83.8 Å². The lowest BCUT2D eigenvalue weighted by atomic mass is 10.1. The minimum absolute atomic E-state index is 0.0330. The lowest BCUT2D eigenvalue weighted by Crippen LogP contribution is -2.35. The number of pyridine rings is 1. The third-order valence-corrected chi connectivity index (χ3v) is 7.26. The number of halogens is 1. The van der Waals surface area contributed by atoms with Crippen molar-refractivity contribution in [2.24, 2.45) is 0 Å².